The molecule has 0 fully saturated rings. The highest BCUT2D eigenvalue weighted by Gasteiger charge is 2.08. The topological polar surface area (TPSA) is 54.0 Å². The van der Waals surface area contributed by atoms with E-state index in [4.69, 9.17) is 0 Å². The molecule has 0 saturated heterocycles. The summed E-state index contributed by atoms with van der Waals surface area (Å²) in [5.74, 6) is -0.495. The fourth-order valence-corrected chi connectivity index (χ4v) is 3.10. The second-order valence-corrected chi connectivity index (χ2v) is 6.11. The number of benzene rings is 2. The minimum atomic E-state index is -0.305. The molecule has 6 heteroatoms. The number of aryl methyl sites for hydroxylation is 1. The Balaban J connectivity index is 1.62. The van der Waals surface area contributed by atoms with E-state index in [1.54, 1.807) is 12.1 Å². The standard InChI is InChI=1S/C17H16FN3OS/c1-2-11-3-8-14-15(9-11)23-17(20-14)21-16(22)10-19-13-6-4-12(18)5-7-13/h3-9,19H,2,10H2,1H3,(H,20,21,22). The lowest BCUT2D eigenvalue weighted by atomic mass is 10.2. The SMILES string of the molecule is CCc1ccc2nc(NC(=O)CNc3ccc(F)cc3)sc2c1. The molecule has 0 radical (unpaired) electrons. The third-order valence-electron chi connectivity index (χ3n) is 3.40. The molecule has 0 bridgehead atoms. The van der Waals surface area contributed by atoms with Gasteiger partial charge in [-0.15, -0.1) is 0 Å². The van der Waals surface area contributed by atoms with E-state index in [0.29, 0.717) is 10.8 Å². The fourth-order valence-electron chi connectivity index (χ4n) is 2.16. The summed E-state index contributed by atoms with van der Waals surface area (Å²) in [6.45, 7) is 2.20. The van der Waals surface area contributed by atoms with Gasteiger partial charge in [0.15, 0.2) is 5.13 Å². The van der Waals surface area contributed by atoms with Crippen LogP contribution in [-0.2, 0) is 11.2 Å². The number of rotatable bonds is 5. The van der Waals surface area contributed by atoms with Crippen LogP contribution in [-0.4, -0.2) is 17.4 Å². The van der Waals surface area contributed by atoms with E-state index in [2.05, 4.69) is 28.6 Å². The molecule has 0 spiro atoms. The number of halogens is 1. The van der Waals surface area contributed by atoms with Gasteiger partial charge in [0, 0.05) is 5.69 Å². The van der Waals surface area contributed by atoms with Gasteiger partial charge < -0.3 is 10.6 Å². The quantitative estimate of drug-likeness (QED) is 0.742. The first-order valence-corrected chi connectivity index (χ1v) is 8.14. The first-order valence-electron chi connectivity index (χ1n) is 7.33. The van der Waals surface area contributed by atoms with Gasteiger partial charge in [-0.3, -0.25) is 4.79 Å². The minimum Gasteiger partial charge on any atom is -0.376 e. The van der Waals surface area contributed by atoms with E-state index >= 15 is 0 Å². The first kappa shape index (κ1) is 15.4. The van der Waals surface area contributed by atoms with Crippen LogP contribution in [0.15, 0.2) is 42.5 Å². The van der Waals surface area contributed by atoms with Crippen molar-refractivity contribution in [1.29, 1.82) is 0 Å². The highest BCUT2D eigenvalue weighted by Crippen LogP contribution is 2.26. The summed E-state index contributed by atoms with van der Waals surface area (Å²) < 4.78 is 13.9. The predicted molar refractivity (Wildman–Crippen MR) is 92.5 cm³/mol. The van der Waals surface area contributed by atoms with E-state index in [0.717, 1.165) is 16.6 Å². The molecule has 4 nitrogen and oxygen atoms in total. The van der Waals surface area contributed by atoms with Crippen LogP contribution < -0.4 is 10.6 Å². The molecule has 0 aliphatic heterocycles. The number of hydrogen-bond acceptors (Lipinski definition) is 4. The van der Waals surface area contributed by atoms with E-state index < -0.39 is 0 Å². The van der Waals surface area contributed by atoms with Gasteiger partial charge in [-0.2, -0.15) is 0 Å². The molecule has 2 N–H and O–H groups in total. The Morgan fingerprint density at radius 1 is 1.22 bits per heavy atom. The zero-order valence-corrected chi connectivity index (χ0v) is 13.4. The van der Waals surface area contributed by atoms with Crippen LogP contribution >= 0.6 is 11.3 Å². The van der Waals surface area contributed by atoms with Crippen molar-refractivity contribution in [3.8, 4) is 0 Å². The zero-order valence-electron chi connectivity index (χ0n) is 12.6. The number of carbonyl (C=O) groups excluding carboxylic acids is 1. The Bertz CT molecular complexity index is 829. The molecular weight excluding hydrogens is 313 g/mol. The second-order valence-electron chi connectivity index (χ2n) is 5.08. The van der Waals surface area contributed by atoms with Gasteiger partial charge in [0.25, 0.3) is 0 Å². The van der Waals surface area contributed by atoms with Gasteiger partial charge >= 0.3 is 0 Å². The van der Waals surface area contributed by atoms with Gasteiger partial charge in [0.2, 0.25) is 5.91 Å². The third kappa shape index (κ3) is 3.84. The summed E-state index contributed by atoms with van der Waals surface area (Å²) in [6, 6.07) is 12.0. The average molecular weight is 329 g/mol. The molecule has 0 atom stereocenters. The minimum absolute atomic E-state index is 0.0990. The molecule has 1 heterocycles. The number of anilines is 2. The monoisotopic (exact) mass is 329 g/mol. The molecule has 0 saturated carbocycles. The summed E-state index contributed by atoms with van der Waals surface area (Å²) in [6.07, 6.45) is 0.969. The van der Waals surface area contributed by atoms with Gasteiger partial charge in [-0.1, -0.05) is 24.3 Å². The van der Waals surface area contributed by atoms with E-state index in [1.165, 1.54) is 29.0 Å². The number of nitrogens with one attached hydrogen (secondary N) is 2. The summed E-state index contributed by atoms with van der Waals surface area (Å²) in [7, 11) is 0. The van der Waals surface area contributed by atoms with Crippen LogP contribution in [0.4, 0.5) is 15.2 Å². The number of hydrogen-bond donors (Lipinski definition) is 2. The first-order chi connectivity index (χ1) is 11.1. The number of fused-ring (bicyclic) bond motifs is 1. The lowest BCUT2D eigenvalue weighted by molar-refractivity contribution is -0.114. The molecule has 1 aromatic heterocycles. The maximum atomic E-state index is 12.8. The number of amides is 1. The molecule has 0 aliphatic rings. The molecule has 0 unspecified atom stereocenters. The molecule has 3 rings (SSSR count). The highest BCUT2D eigenvalue weighted by atomic mass is 32.1. The average Bonchev–Trinajstić information content (AvgIpc) is 2.95. The largest absolute Gasteiger partial charge is 0.376 e. The van der Waals surface area contributed by atoms with Crippen LogP contribution in [0.5, 0.6) is 0 Å². The van der Waals surface area contributed by atoms with Crippen molar-refractivity contribution in [2.45, 2.75) is 13.3 Å². The number of aromatic nitrogens is 1. The van der Waals surface area contributed by atoms with Crippen molar-refractivity contribution in [2.24, 2.45) is 0 Å². The third-order valence-corrected chi connectivity index (χ3v) is 4.34. The Labute approximate surface area is 137 Å². The van der Waals surface area contributed by atoms with Gasteiger partial charge in [0.1, 0.15) is 5.82 Å². The number of thiazole rings is 1. The lowest BCUT2D eigenvalue weighted by Crippen LogP contribution is -2.21. The summed E-state index contributed by atoms with van der Waals surface area (Å²) in [4.78, 5) is 16.4. The van der Waals surface area contributed by atoms with Crippen LogP contribution in [0, 0.1) is 5.82 Å². The fraction of sp³-hybridized carbons (Fsp3) is 0.176. The Hall–Kier alpha value is -2.47. The van der Waals surface area contributed by atoms with Crippen molar-refractivity contribution in [2.75, 3.05) is 17.2 Å². The normalized spacial score (nSPS) is 10.7. The highest BCUT2D eigenvalue weighted by molar-refractivity contribution is 7.22. The van der Waals surface area contributed by atoms with Gasteiger partial charge in [0.05, 0.1) is 16.8 Å². The predicted octanol–water partition coefficient (Wildman–Crippen LogP) is 4.05. The summed E-state index contributed by atoms with van der Waals surface area (Å²) in [5, 5.41) is 6.31. The van der Waals surface area contributed by atoms with Crippen molar-refractivity contribution in [3.63, 3.8) is 0 Å². The zero-order chi connectivity index (χ0) is 16.2. The van der Waals surface area contributed by atoms with E-state index in [-0.39, 0.29) is 18.3 Å². The van der Waals surface area contributed by atoms with Crippen LogP contribution in [0.25, 0.3) is 10.2 Å². The van der Waals surface area contributed by atoms with Crippen LogP contribution in [0.3, 0.4) is 0 Å². The van der Waals surface area contributed by atoms with Crippen LogP contribution in [0.2, 0.25) is 0 Å². The molecule has 3 aromatic rings. The molecular formula is C17H16FN3OS. The van der Waals surface area contributed by atoms with Gasteiger partial charge in [-0.05, 0) is 48.4 Å². The van der Waals surface area contributed by atoms with Crippen molar-refractivity contribution in [3.05, 3.63) is 53.8 Å². The summed E-state index contributed by atoms with van der Waals surface area (Å²) >= 11 is 1.46. The van der Waals surface area contributed by atoms with Crippen LogP contribution in [0.1, 0.15) is 12.5 Å². The number of carbonyl (C=O) groups is 1. The van der Waals surface area contributed by atoms with Crippen molar-refractivity contribution in [1.82, 2.24) is 4.98 Å². The van der Waals surface area contributed by atoms with E-state index in [9.17, 15) is 9.18 Å². The van der Waals surface area contributed by atoms with Gasteiger partial charge in [-0.25, -0.2) is 9.37 Å². The second kappa shape index (κ2) is 6.75. The van der Waals surface area contributed by atoms with Crippen molar-refractivity contribution >= 4 is 38.3 Å². The van der Waals surface area contributed by atoms with E-state index in [1.807, 2.05) is 12.1 Å². The Morgan fingerprint density at radius 2 is 2.00 bits per heavy atom. The maximum absolute atomic E-state index is 12.8. The molecule has 2 aromatic carbocycles. The molecule has 0 aliphatic carbocycles. The van der Waals surface area contributed by atoms with Crippen molar-refractivity contribution < 1.29 is 9.18 Å². The lowest BCUT2D eigenvalue weighted by Gasteiger charge is -2.05. The Morgan fingerprint density at radius 3 is 2.74 bits per heavy atom. The molecule has 118 valence electrons. The summed E-state index contributed by atoms with van der Waals surface area (Å²) in [5.41, 5.74) is 2.82. The molecule has 23 heavy (non-hydrogen) atoms. The maximum Gasteiger partial charge on any atom is 0.245 e. The molecule has 1 amide bonds. The smallest absolute Gasteiger partial charge is 0.245 e. The number of nitrogens with zero attached hydrogens (tertiary/aromatic N) is 1. The Kier molecular flexibility index (Phi) is 4.52.